The van der Waals surface area contributed by atoms with E-state index in [1.807, 2.05) is 18.3 Å². The Kier molecular flexibility index (Phi) is 4.64. The zero-order valence-electron chi connectivity index (χ0n) is 22.1. The largest absolute Gasteiger partial charge is 0.455 e. The Morgan fingerprint density at radius 3 is 1.80 bits per heavy atom. The van der Waals surface area contributed by atoms with E-state index < -0.39 is 0 Å². The molecule has 2 heteroatoms. The molecule has 0 atom stereocenters. The minimum absolute atomic E-state index is 0.908. The minimum Gasteiger partial charge on any atom is -0.455 e. The van der Waals surface area contributed by atoms with Gasteiger partial charge in [-0.25, -0.2) is 0 Å². The van der Waals surface area contributed by atoms with Crippen LogP contribution in [0.5, 0.6) is 0 Å². The van der Waals surface area contributed by atoms with E-state index in [4.69, 9.17) is 9.40 Å². The summed E-state index contributed by atoms with van der Waals surface area (Å²) in [6.45, 7) is 0. The second-order valence-corrected chi connectivity index (χ2v) is 10.7. The number of hydrogen-bond acceptors (Lipinski definition) is 2. The highest BCUT2D eigenvalue weighted by molar-refractivity contribution is 6.16. The number of para-hydroxylation sites is 2. The number of nitrogens with zero attached hydrogens (tertiary/aromatic N) is 1. The van der Waals surface area contributed by atoms with E-state index in [0.29, 0.717) is 0 Å². The van der Waals surface area contributed by atoms with Gasteiger partial charge in [-0.3, -0.25) is 4.98 Å². The lowest BCUT2D eigenvalue weighted by atomic mass is 9.77. The van der Waals surface area contributed by atoms with Crippen LogP contribution in [0.15, 0.2) is 144 Å². The maximum Gasteiger partial charge on any atom is 0.143 e. The first-order valence-corrected chi connectivity index (χ1v) is 14.0. The van der Waals surface area contributed by atoms with E-state index in [9.17, 15) is 0 Å². The van der Waals surface area contributed by atoms with Gasteiger partial charge in [-0.05, 0) is 68.3 Å². The monoisotopic (exact) mass is 521 g/mol. The summed E-state index contributed by atoms with van der Waals surface area (Å²) < 4.78 is 6.56. The van der Waals surface area contributed by atoms with E-state index >= 15 is 0 Å². The van der Waals surface area contributed by atoms with Crippen molar-refractivity contribution < 1.29 is 4.42 Å². The lowest BCUT2D eigenvalue weighted by molar-refractivity contribution is 0.670. The van der Waals surface area contributed by atoms with Crippen LogP contribution < -0.4 is 0 Å². The first-order chi connectivity index (χ1) is 20.4. The smallest absolute Gasteiger partial charge is 0.143 e. The normalized spacial score (nSPS) is 11.9. The van der Waals surface area contributed by atoms with Crippen LogP contribution in [0.1, 0.15) is 0 Å². The van der Waals surface area contributed by atoms with Gasteiger partial charge in [-0.1, -0.05) is 115 Å². The number of hydrogen-bond donors (Lipinski definition) is 0. The third kappa shape index (κ3) is 3.16. The summed E-state index contributed by atoms with van der Waals surface area (Å²) >= 11 is 0. The van der Waals surface area contributed by atoms with Crippen molar-refractivity contribution in [2.75, 3.05) is 0 Å². The Hall–Kier alpha value is -5.47. The molecule has 2 heterocycles. The molecule has 9 rings (SSSR count). The summed E-state index contributed by atoms with van der Waals surface area (Å²) in [5.41, 5.74) is 14.8. The highest BCUT2D eigenvalue weighted by Crippen LogP contribution is 2.52. The zero-order chi connectivity index (χ0) is 26.9. The molecule has 2 aromatic heterocycles. The molecule has 0 radical (unpaired) electrons. The Morgan fingerprint density at radius 1 is 0.366 bits per heavy atom. The first kappa shape index (κ1) is 22.4. The number of pyridine rings is 1. The Balaban J connectivity index is 1.49. The molecule has 0 aliphatic heterocycles. The molecule has 1 aliphatic rings. The van der Waals surface area contributed by atoms with E-state index in [0.717, 1.165) is 44.0 Å². The molecule has 0 spiro atoms. The quantitative estimate of drug-likeness (QED) is 0.215. The molecule has 6 aromatic carbocycles. The van der Waals surface area contributed by atoms with Crippen LogP contribution in [0.2, 0.25) is 0 Å². The second-order valence-electron chi connectivity index (χ2n) is 10.7. The van der Waals surface area contributed by atoms with Gasteiger partial charge < -0.3 is 4.42 Å². The van der Waals surface area contributed by atoms with Crippen molar-refractivity contribution in [3.05, 3.63) is 140 Å². The van der Waals surface area contributed by atoms with Crippen molar-refractivity contribution in [3.8, 4) is 55.6 Å². The number of benzene rings is 6. The average molecular weight is 522 g/mol. The van der Waals surface area contributed by atoms with Gasteiger partial charge in [-0.15, -0.1) is 0 Å². The number of fused-ring (bicyclic) bond motifs is 13. The molecule has 8 aromatic rings. The molecule has 41 heavy (non-hydrogen) atoms. The molecule has 190 valence electrons. The van der Waals surface area contributed by atoms with Gasteiger partial charge in [-0.2, -0.15) is 0 Å². The number of furan rings is 1. The van der Waals surface area contributed by atoms with Gasteiger partial charge in [0.1, 0.15) is 11.2 Å². The highest BCUT2D eigenvalue weighted by Gasteiger charge is 2.26. The molecule has 0 unspecified atom stereocenters. The van der Waals surface area contributed by atoms with Gasteiger partial charge in [0.25, 0.3) is 0 Å². The Bertz CT molecular complexity index is 2320. The van der Waals surface area contributed by atoms with E-state index in [1.54, 1.807) is 0 Å². The number of aromatic nitrogens is 1. The molecule has 1 aliphatic carbocycles. The fourth-order valence-electron chi connectivity index (χ4n) is 6.79. The minimum atomic E-state index is 0.908. The third-order valence-electron chi connectivity index (χ3n) is 8.52. The van der Waals surface area contributed by atoms with Crippen molar-refractivity contribution in [2.45, 2.75) is 0 Å². The second kappa shape index (κ2) is 8.51. The average Bonchev–Trinajstić information content (AvgIpc) is 3.42. The molecule has 0 fully saturated rings. The van der Waals surface area contributed by atoms with Gasteiger partial charge in [0.05, 0.1) is 5.52 Å². The lowest BCUT2D eigenvalue weighted by Gasteiger charge is -2.26. The van der Waals surface area contributed by atoms with Crippen molar-refractivity contribution in [3.63, 3.8) is 0 Å². The van der Waals surface area contributed by atoms with Crippen LogP contribution >= 0.6 is 0 Å². The van der Waals surface area contributed by atoms with Crippen LogP contribution in [-0.4, -0.2) is 4.98 Å². The van der Waals surface area contributed by atoms with E-state index in [2.05, 4.69) is 121 Å². The Morgan fingerprint density at radius 2 is 0.951 bits per heavy atom. The maximum atomic E-state index is 6.56. The molecule has 0 amide bonds. The molecule has 0 N–H and O–H groups in total. The fraction of sp³-hybridized carbons (Fsp3) is 0. The van der Waals surface area contributed by atoms with Crippen LogP contribution in [0, 0.1) is 0 Å². The summed E-state index contributed by atoms with van der Waals surface area (Å²) in [5.74, 6) is 0. The summed E-state index contributed by atoms with van der Waals surface area (Å²) in [6.07, 6.45) is 1.88. The first-order valence-electron chi connectivity index (χ1n) is 14.0. The lowest BCUT2D eigenvalue weighted by Crippen LogP contribution is -2.00. The van der Waals surface area contributed by atoms with Gasteiger partial charge in [0.2, 0.25) is 0 Å². The predicted molar refractivity (Wildman–Crippen MR) is 170 cm³/mol. The third-order valence-corrected chi connectivity index (χ3v) is 8.52. The summed E-state index contributed by atoms with van der Waals surface area (Å²) in [7, 11) is 0. The molecular weight excluding hydrogens is 498 g/mol. The van der Waals surface area contributed by atoms with E-state index in [-0.39, 0.29) is 0 Å². The van der Waals surface area contributed by atoms with Crippen LogP contribution in [0.25, 0.3) is 88.5 Å². The standard InChI is InChI=1S/C39H23NO/c1-2-11-26-24(10-1)25-12-3-4-14-28(25)38-33-19-9-23-40-35(33)22-21-34(38)37-29(26)15-7-16-30(37)32-18-8-17-31-27-13-5-6-20-36(27)41-39(31)32/h1-23H. The SMILES string of the molecule is c1ccc2c(c1)-c1ccccc1-c1c(ccc3ncccc13)-c1c-2cccc1-c1cccc2c1oc1ccccc12. The molecule has 0 saturated carbocycles. The fourth-order valence-corrected chi connectivity index (χ4v) is 6.79. The van der Waals surface area contributed by atoms with Crippen LogP contribution in [0.3, 0.4) is 0 Å². The molecule has 0 bridgehead atoms. The van der Waals surface area contributed by atoms with Crippen LogP contribution in [-0.2, 0) is 0 Å². The highest BCUT2D eigenvalue weighted by atomic mass is 16.3. The topological polar surface area (TPSA) is 26.0 Å². The summed E-state index contributed by atoms with van der Waals surface area (Å²) in [6, 6.07) is 47.7. The van der Waals surface area contributed by atoms with E-state index in [1.165, 1.54) is 44.5 Å². The van der Waals surface area contributed by atoms with Gasteiger partial charge >= 0.3 is 0 Å². The van der Waals surface area contributed by atoms with Gasteiger partial charge in [0, 0.05) is 27.9 Å². The summed E-state index contributed by atoms with van der Waals surface area (Å²) in [5, 5.41) is 3.43. The van der Waals surface area contributed by atoms with Gasteiger partial charge in [0.15, 0.2) is 0 Å². The zero-order valence-corrected chi connectivity index (χ0v) is 22.1. The van der Waals surface area contributed by atoms with Crippen molar-refractivity contribution in [1.29, 1.82) is 0 Å². The molecular formula is C39H23NO. The van der Waals surface area contributed by atoms with Crippen molar-refractivity contribution in [2.24, 2.45) is 0 Å². The maximum absolute atomic E-state index is 6.56. The molecule has 2 nitrogen and oxygen atoms in total. The van der Waals surface area contributed by atoms with Crippen LogP contribution in [0.4, 0.5) is 0 Å². The van der Waals surface area contributed by atoms with Crippen molar-refractivity contribution >= 4 is 32.8 Å². The predicted octanol–water partition coefficient (Wildman–Crippen LogP) is 10.8. The van der Waals surface area contributed by atoms with Crippen molar-refractivity contribution in [1.82, 2.24) is 4.98 Å². The Labute approximate surface area is 237 Å². The molecule has 0 saturated heterocycles. The number of rotatable bonds is 1. The summed E-state index contributed by atoms with van der Waals surface area (Å²) in [4.78, 5) is 4.75.